The summed E-state index contributed by atoms with van der Waals surface area (Å²) in [5.74, 6) is -0.637. The van der Waals surface area contributed by atoms with Gasteiger partial charge in [0.1, 0.15) is 0 Å². The molecule has 1 aromatic carbocycles. The molecular weight excluding hydrogens is 266 g/mol. The van der Waals surface area contributed by atoms with Crippen molar-refractivity contribution < 1.29 is 14.3 Å². The summed E-state index contributed by atoms with van der Waals surface area (Å²) in [6.45, 7) is 5.44. The number of ether oxygens (including phenoxy) is 1. The summed E-state index contributed by atoms with van der Waals surface area (Å²) < 4.78 is 5.02. The first-order chi connectivity index (χ1) is 9.83. The van der Waals surface area contributed by atoms with Crippen molar-refractivity contribution in [2.45, 2.75) is 52.0 Å². The molecule has 4 heteroatoms. The number of benzene rings is 1. The van der Waals surface area contributed by atoms with E-state index in [2.05, 4.69) is 17.4 Å². The third-order valence-corrected chi connectivity index (χ3v) is 3.39. The van der Waals surface area contributed by atoms with E-state index in [0.717, 1.165) is 18.4 Å². The minimum Gasteiger partial charge on any atom is -0.455 e. The van der Waals surface area contributed by atoms with E-state index in [1.54, 1.807) is 0 Å². The molecule has 114 valence electrons. The third kappa shape index (κ3) is 4.88. The standard InChI is InChI=1S/C17H23NO3/c1-17(2,3)18-15(19)11-21-16(20)10-12-7-8-13-5-4-6-14(13)9-12/h7-9H,4-6,10-11H2,1-3H3,(H,18,19). The maximum Gasteiger partial charge on any atom is 0.310 e. The van der Waals surface area contributed by atoms with E-state index in [1.165, 1.54) is 17.5 Å². The van der Waals surface area contributed by atoms with Gasteiger partial charge in [0, 0.05) is 5.54 Å². The molecule has 21 heavy (non-hydrogen) atoms. The van der Waals surface area contributed by atoms with Crippen LogP contribution in [-0.2, 0) is 33.6 Å². The van der Waals surface area contributed by atoms with E-state index in [9.17, 15) is 9.59 Å². The van der Waals surface area contributed by atoms with Crippen molar-refractivity contribution in [1.29, 1.82) is 0 Å². The molecule has 0 bridgehead atoms. The highest BCUT2D eigenvalue weighted by Crippen LogP contribution is 2.23. The highest BCUT2D eigenvalue weighted by Gasteiger charge is 2.16. The highest BCUT2D eigenvalue weighted by atomic mass is 16.5. The predicted octanol–water partition coefficient (Wildman–Crippen LogP) is 2.18. The molecular formula is C17H23NO3. The van der Waals surface area contributed by atoms with Crippen LogP contribution in [-0.4, -0.2) is 24.0 Å². The number of esters is 1. The normalized spacial score (nSPS) is 13.7. The van der Waals surface area contributed by atoms with E-state index in [4.69, 9.17) is 4.74 Å². The summed E-state index contributed by atoms with van der Waals surface area (Å²) in [6, 6.07) is 6.15. The van der Waals surface area contributed by atoms with Crippen molar-refractivity contribution in [1.82, 2.24) is 5.32 Å². The molecule has 1 aliphatic rings. The Morgan fingerprint density at radius 2 is 1.90 bits per heavy atom. The smallest absolute Gasteiger partial charge is 0.310 e. The van der Waals surface area contributed by atoms with Gasteiger partial charge in [0.25, 0.3) is 5.91 Å². The summed E-state index contributed by atoms with van der Waals surface area (Å²) in [6.07, 6.45) is 3.63. The summed E-state index contributed by atoms with van der Waals surface area (Å²) in [4.78, 5) is 23.4. The number of carbonyl (C=O) groups is 2. The summed E-state index contributed by atoms with van der Waals surface area (Å²) in [7, 11) is 0. The van der Waals surface area contributed by atoms with Crippen LogP contribution in [0.2, 0.25) is 0 Å². The third-order valence-electron chi connectivity index (χ3n) is 3.39. The first-order valence-corrected chi connectivity index (χ1v) is 7.41. The number of hydrogen-bond donors (Lipinski definition) is 1. The van der Waals surface area contributed by atoms with E-state index in [-0.39, 0.29) is 30.4 Å². The lowest BCUT2D eigenvalue weighted by Gasteiger charge is -2.20. The SMILES string of the molecule is CC(C)(C)NC(=O)COC(=O)Cc1ccc2c(c1)CCC2. The molecule has 0 spiro atoms. The number of aryl methyl sites for hydroxylation is 2. The number of fused-ring (bicyclic) bond motifs is 1. The molecule has 0 atom stereocenters. The topological polar surface area (TPSA) is 55.4 Å². The monoisotopic (exact) mass is 289 g/mol. The van der Waals surface area contributed by atoms with Crippen molar-refractivity contribution in [2.75, 3.05) is 6.61 Å². The molecule has 1 amide bonds. The van der Waals surface area contributed by atoms with Gasteiger partial charge in [-0.15, -0.1) is 0 Å². The van der Waals surface area contributed by atoms with Crippen LogP contribution >= 0.6 is 0 Å². The van der Waals surface area contributed by atoms with Crippen LogP contribution in [0.25, 0.3) is 0 Å². The Hall–Kier alpha value is -1.84. The van der Waals surface area contributed by atoms with E-state index in [1.807, 2.05) is 26.8 Å². The Bertz CT molecular complexity index is 543. The minimum atomic E-state index is -0.364. The van der Waals surface area contributed by atoms with Gasteiger partial charge in [-0.1, -0.05) is 18.2 Å². The van der Waals surface area contributed by atoms with Gasteiger partial charge in [0.05, 0.1) is 6.42 Å². The van der Waals surface area contributed by atoms with Crippen LogP contribution in [0.15, 0.2) is 18.2 Å². The fourth-order valence-electron chi connectivity index (χ4n) is 2.55. The van der Waals surface area contributed by atoms with Crippen LogP contribution in [0.3, 0.4) is 0 Å². The summed E-state index contributed by atoms with van der Waals surface area (Å²) in [5, 5.41) is 2.76. The van der Waals surface area contributed by atoms with Crippen LogP contribution in [0.4, 0.5) is 0 Å². The van der Waals surface area contributed by atoms with Crippen molar-refractivity contribution in [3.05, 3.63) is 34.9 Å². The van der Waals surface area contributed by atoms with Crippen molar-refractivity contribution >= 4 is 11.9 Å². The quantitative estimate of drug-likeness (QED) is 0.864. The van der Waals surface area contributed by atoms with Gasteiger partial charge in [-0.3, -0.25) is 9.59 Å². The van der Waals surface area contributed by atoms with Gasteiger partial charge in [-0.05, 0) is 56.7 Å². The van der Waals surface area contributed by atoms with Crippen LogP contribution < -0.4 is 5.32 Å². The lowest BCUT2D eigenvalue weighted by atomic mass is 10.0. The molecule has 0 radical (unpaired) electrons. The van der Waals surface area contributed by atoms with E-state index >= 15 is 0 Å². The van der Waals surface area contributed by atoms with Gasteiger partial charge in [-0.2, -0.15) is 0 Å². The van der Waals surface area contributed by atoms with Crippen molar-refractivity contribution in [3.63, 3.8) is 0 Å². The minimum absolute atomic E-state index is 0.218. The zero-order chi connectivity index (χ0) is 15.5. The van der Waals surface area contributed by atoms with Crippen LogP contribution in [0.5, 0.6) is 0 Å². The number of carbonyl (C=O) groups excluding carboxylic acids is 2. The molecule has 1 aromatic rings. The number of amides is 1. The zero-order valence-corrected chi connectivity index (χ0v) is 13.0. The first kappa shape index (κ1) is 15.5. The zero-order valence-electron chi connectivity index (χ0n) is 13.0. The van der Waals surface area contributed by atoms with Crippen LogP contribution in [0.1, 0.15) is 43.9 Å². The molecule has 2 rings (SSSR count). The lowest BCUT2D eigenvalue weighted by Crippen LogP contribution is -2.42. The lowest BCUT2D eigenvalue weighted by molar-refractivity contribution is -0.148. The summed E-state index contributed by atoms with van der Waals surface area (Å²) in [5.41, 5.74) is 3.36. The molecule has 0 aromatic heterocycles. The second kappa shape index (κ2) is 6.29. The first-order valence-electron chi connectivity index (χ1n) is 7.41. The number of nitrogens with one attached hydrogen (secondary N) is 1. The Labute approximate surface area is 125 Å². The molecule has 0 unspecified atom stereocenters. The van der Waals surface area contributed by atoms with Gasteiger partial charge in [0.2, 0.25) is 0 Å². The summed E-state index contributed by atoms with van der Waals surface area (Å²) >= 11 is 0. The second-order valence-electron chi connectivity index (χ2n) is 6.59. The second-order valence-corrected chi connectivity index (χ2v) is 6.59. The molecule has 0 heterocycles. The molecule has 4 nitrogen and oxygen atoms in total. The maximum atomic E-state index is 11.8. The number of hydrogen-bond acceptors (Lipinski definition) is 3. The molecule has 0 saturated carbocycles. The average molecular weight is 289 g/mol. The van der Waals surface area contributed by atoms with Crippen molar-refractivity contribution in [3.8, 4) is 0 Å². The molecule has 0 saturated heterocycles. The van der Waals surface area contributed by atoms with E-state index < -0.39 is 0 Å². The largest absolute Gasteiger partial charge is 0.455 e. The van der Waals surface area contributed by atoms with E-state index in [0.29, 0.717) is 0 Å². The predicted molar refractivity (Wildman–Crippen MR) is 81.0 cm³/mol. The Morgan fingerprint density at radius 1 is 1.19 bits per heavy atom. The fourth-order valence-corrected chi connectivity index (χ4v) is 2.55. The molecule has 0 fully saturated rings. The van der Waals surface area contributed by atoms with Gasteiger partial charge >= 0.3 is 5.97 Å². The molecule has 1 N–H and O–H groups in total. The highest BCUT2D eigenvalue weighted by molar-refractivity contribution is 5.81. The Balaban J connectivity index is 1.81. The Morgan fingerprint density at radius 3 is 2.62 bits per heavy atom. The molecule has 1 aliphatic carbocycles. The van der Waals surface area contributed by atoms with Crippen molar-refractivity contribution in [2.24, 2.45) is 0 Å². The maximum absolute atomic E-state index is 11.8. The van der Waals surface area contributed by atoms with Gasteiger partial charge < -0.3 is 10.1 Å². The fraction of sp³-hybridized carbons (Fsp3) is 0.529. The van der Waals surface area contributed by atoms with Gasteiger partial charge in [-0.25, -0.2) is 0 Å². The molecule has 0 aliphatic heterocycles. The average Bonchev–Trinajstić information content (AvgIpc) is 2.81. The van der Waals surface area contributed by atoms with Gasteiger partial charge in [0.15, 0.2) is 6.61 Å². The van der Waals surface area contributed by atoms with Crippen LogP contribution in [0, 0.1) is 0 Å². The Kier molecular flexibility index (Phi) is 4.66. The number of rotatable bonds is 4.